The average molecular weight is 371 g/mol. The molecule has 1 atom stereocenters. The molecular formula is C20H23ClN4O. The summed E-state index contributed by atoms with van der Waals surface area (Å²) in [5.74, 6) is -0.330. The van der Waals surface area contributed by atoms with Crippen molar-refractivity contribution in [3.63, 3.8) is 0 Å². The van der Waals surface area contributed by atoms with Crippen molar-refractivity contribution in [2.75, 3.05) is 13.6 Å². The Balaban J connectivity index is 2.16. The Morgan fingerprint density at radius 1 is 1.42 bits per heavy atom. The van der Waals surface area contributed by atoms with Crippen LogP contribution in [0.1, 0.15) is 29.4 Å². The van der Waals surface area contributed by atoms with Crippen LogP contribution in [0.2, 0.25) is 5.02 Å². The highest BCUT2D eigenvalue weighted by Gasteiger charge is 2.13. The van der Waals surface area contributed by atoms with Gasteiger partial charge in [0, 0.05) is 35.9 Å². The quantitative estimate of drug-likeness (QED) is 0.726. The van der Waals surface area contributed by atoms with Crippen molar-refractivity contribution < 1.29 is 4.79 Å². The van der Waals surface area contributed by atoms with Crippen molar-refractivity contribution >= 4 is 23.6 Å². The third-order valence-electron chi connectivity index (χ3n) is 4.25. The Morgan fingerprint density at radius 2 is 2.12 bits per heavy atom. The summed E-state index contributed by atoms with van der Waals surface area (Å²) in [4.78, 5) is 13.8. The number of aryl methyl sites for hydroxylation is 1. The average Bonchev–Trinajstić information content (AvgIpc) is 2.88. The van der Waals surface area contributed by atoms with Gasteiger partial charge in [-0.2, -0.15) is 10.4 Å². The van der Waals surface area contributed by atoms with Crippen LogP contribution in [-0.4, -0.2) is 34.2 Å². The molecule has 2 aromatic rings. The smallest absolute Gasteiger partial charge is 0.246 e. The van der Waals surface area contributed by atoms with Crippen LogP contribution in [0.3, 0.4) is 0 Å². The maximum atomic E-state index is 12.2. The highest BCUT2D eigenvalue weighted by atomic mass is 35.5. The number of rotatable bonds is 6. The second kappa shape index (κ2) is 8.68. The number of amides is 1. The molecule has 26 heavy (non-hydrogen) atoms. The van der Waals surface area contributed by atoms with Crippen molar-refractivity contribution in [3.05, 3.63) is 57.9 Å². The van der Waals surface area contributed by atoms with Gasteiger partial charge in [-0.3, -0.25) is 9.48 Å². The van der Waals surface area contributed by atoms with Gasteiger partial charge in [0.15, 0.2) is 0 Å². The summed E-state index contributed by atoms with van der Waals surface area (Å²) in [5.41, 5.74) is 3.75. The van der Waals surface area contributed by atoms with Gasteiger partial charge in [-0.25, -0.2) is 0 Å². The summed E-state index contributed by atoms with van der Waals surface area (Å²) in [6.45, 7) is 6.67. The van der Waals surface area contributed by atoms with Crippen LogP contribution in [0.4, 0.5) is 0 Å². The lowest BCUT2D eigenvalue weighted by Gasteiger charge is -2.15. The molecule has 0 fully saturated rings. The number of nitrogens with zero attached hydrogens (tertiary/aromatic N) is 4. The largest absolute Gasteiger partial charge is 0.341 e. The minimum Gasteiger partial charge on any atom is -0.341 e. The molecule has 136 valence electrons. The molecule has 0 aliphatic rings. The van der Waals surface area contributed by atoms with Gasteiger partial charge in [0.25, 0.3) is 0 Å². The first-order chi connectivity index (χ1) is 12.3. The van der Waals surface area contributed by atoms with Crippen molar-refractivity contribution in [3.8, 4) is 6.07 Å². The number of hydrogen-bond donors (Lipinski definition) is 0. The van der Waals surface area contributed by atoms with E-state index in [9.17, 15) is 4.79 Å². The predicted octanol–water partition coefficient (Wildman–Crippen LogP) is 3.83. The molecule has 1 aromatic carbocycles. The third-order valence-corrected chi connectivity index (χ3v) is 4.62. The first-order valence-corrected chi connectivity index (χ1v) is 8.81. The summed E-state index contributed by atoms with van der Waals surface area (Å²) in [7, 11) is 1.70. The van der Waals surface area contributed by atoms with Gasteiger partial charge in [-0.05, 0) is 38.5 Å². The summed E-state index contributed by atoms with van der Waals surface area (Å²) in [6.07, 6.45) is 3.32. The van der Waals surface area contributed by atoms with Gasteiger partial charge >= 0.3 is 0 Å². The van der Waals surface area contributed by atoms with Gasteiger partial charge < -0.3 is 4.90 Å². The number of carbonyl (C=O) groups excluding carboxylic acids is 1. The molecule has 1 aromatic heterocycles. The number of nitriles is 1. The molecule has 5 nitrogen and oxygen atoms in total. The van der Waals surface area contributed by atoms with Gasteiger partial charge in [0.05, 0.1) is 24.2 Å². The van der Waals surface area contributed by atoms with E-state index in [0.717, 1.165) is 22.5 Å². The van der Waals surface area contributed by atoms with E-state index in [1.807, 2.05) is 42.8 Å². The van der Waals surface area contributed by atoms with E-state index in [0.29, 0.717) is 18.1 Å². The summed E-state index contributed by atoms with van der Waals surface area (Å²) < 4.78 is 1.89. The lowest BCUT2D eigenvalue weighted by Crippen LogP contribution is -2.29. The van der Waals surface area contributed by atoms with Crippen molar-refractivity contribution in [1.29, 1.82) is 5.26 Å². The van der Waals surface area contributed by atoms with E-state index in [4.69, 9.17) is 16.9 Å². The number of hydrogen-bond acceptors (Lipinski definition) is 3. The third kappa shape index (κ3) is 4.74. The highest BCUT2D eigenvalue weighted by molar-refractivity contribution is 6.31. The van der Waals surface area contributed by atoms with Crippen LogP contribution in [-0.2, 0) is 11.3 Å². The Labute approximate surface area is 159 Å². The highest BCUT2D eigenvalue weighted by Crippen LogP contribution is 2.20. The van der Waals surface area contributed by atoms with E-state index in [2.05, 4.69) is 11.2 Å². The van der Waals surface area contributed by atoms with E-state index < -0.39 is 0 Å². The summed E-state index contributed by atoms with van der Waals surface area (Å²) in [5, 5.41) is 14.1. The van der Waals surface area contributed by atoms with Crippen LogP contribution >= 0.6 is 11.6 Å². The van der Waals surface area contributed by atoms with Crippen molar-refractivity contribution in [2.45, 2.75) is 27.3 Å². The Morgan fingerprint density at radius 3 is 2.77 bits per heavy atom. The van der Waals surface area contributed by atoms with Crippen LogP contribution in [0.15, 0.2) is 30.3 Å². The zero-order valence-electron chi connectivity index (χ0n) is 15.5. The molecule has 0 spiro atoms. The first-order valence-electron chi connectivity index (χ1n) is 8.43. The number of carbonyl (C=O) groups is 1. The fourth-order valence-corrected chi connectivity index (χ4v) is 2.91. The monoisotopic (exact) mass is 370 g/mol. The molecule has 0 unspecified atom stereocenters. The summed E-state index contributed by atoms with van der Waals surface area (Å²) in [6, 6.07) is 9.82. The topological polar surface area (TPSA) is 61.9 Å². The number of halogens is 1. The molecule has 0 saturated heterocycles. The minimum atomic E-state index is -0.195. The van der Waals surface area contributed by atoms with E-state index in [-0.39, 0.29) is 11.8 Å². The minimum absolute atomic E-state index is 0.134. The lowest BCUT2D eigenvalue weighted by molar-refractivity contribution is -0.125. The van der Waals surface area contributed by atoms with Gasteiger partial charge in [-0.1, -0.05) is 29.8 Å². The fourth-order valence-electron chi connectivity index (χ4n) is 2.72. The molecule has 0 bridgehead atoms. The van der Waals surface area contributed by atoms with Gasteiger partial charge in [0.1, 0.15) is 0 Å². The van der Waals surface area contributed by atoms with Crippen LogP contribution in [0.5, 0.6) is 0 Å². The molecule has 0 N–H and O–H groups in total. The second-order valence-corrected chi connectivity index (χ2v) is 6.82. The molecular weight excluding hydrogens is 348 g/mol. The summed E-state index contributed by atoms with van der Waals surface area (Å²) >= 11 is 6.24. The standard InChI is InChI=1S/C20H23ClN4O/c1-14(11-22)12-24(4)20(26)10-9-18-15(2)23-25(16(18)3)13-17-7-5-6-8-19(17)21/h5-10,14H,12-13H2,1-4H3/b10-9-/t14-/m1/s1. The first kappa shape index (κ1) is 19.7. The van der Waals surface area contributed by atoms with Crippen LogP contribution in [0, 0.1) is 31.1 Å². The maximum absolute atomic E-state index is 12.2. The van der Waals surface area contributed by atoms with Crippen LogP contribution in [0.25, 0.3) is 6.08 Å². The van der Waals surface area contributed by atoms with Gasteiger partial charge in [0.2, 0.25) is 5.91 Å². The fraction of sp³-hybridized carbons (Fsp3) is 0.350. The molecule has 2 rings (SSSR count). The van der Waals surface area contributed by atoms with E-state index in [1.54, 1.807) is 24.9 Å². The number of aromatic nitrogens is 2. The zero-order chi connectivity index (χ0) is 19.3. The number of likely N-dealkylation sites (N-methyl/N-ethyl adjacent to an activating group) is 1. The molecule has 1 amide bonds. The SMILES string of the molecule is Cc1nn(Cc2ccccc2Cl)c(C)c1/C=C\C(=O)N(C)C[C@H](C)C#N. The molecule has 6 heteroatoms. The molecule has 0 radical (unpaired) electrons. The van der Waals surface area contributed by atoms with Crippen LogP contribution < -0.4 is 0 Å². The molecule has 0 aliphatic carbocycles. The predicted molar refractivity (Wildman–Crippen MR) is 104 cm³/mol. The zero-order valence-corrected chi connectivity index (χ0v) is 16.3. The molecule has 0 saturated carbocycles. The maximum Gasteiger partial charge on any atom is 0.246 e. The Bertz CT molecular complexity index is 863. The number of benzene rings is 1. The van der Waals surface area contributed by atoms with E-state index in [1.165, 1.54) is 6.08 Å². The molecule has 0 aliphatic heterocycles. The second-order valence-electron chi connectivity index (χ2n) is 6.42. The van der Waals surface area contributed by atoms with Gasteiger partial charge in [-0.15, -0.1) is 0 Å². The van der Waals surface area contributed by atoms with E-state index >= 15 is 0 Å². The van der Waals surface area contributed by atoms with Crippen molar-refractivity contribution in [1.82, 2.24) is 14.7 Å². The lowest BCUT2D eigenvalue weighted by atomic mass is 10.1. The Hall–Kier alpha value is -2.58. The Kier molecular flexibility index (Phi) is 6.59. The van der Waals surface area contributed by atoms with Crippen molar-refractivity contribution in [2.24, 2.45) is 5.92 Å². The molecule has 1 heterocycles. The normalized spacial score (nSPS) is 12.2.